The summed E-state index contributed by atoms with van der Waals surface area (Å²) >= 11 is 6.14. The molecule has 3 aromatic rings. The third-order valence-electron chi connectivity index (χ3n) is 5.02. The predicted molar refractivity (Wildman–Crippen MR) is 127 cm³/mol. The number of hydrogen-bond acceptors (Lipinski definition) is 3. The first-order chi connectivity index (χ1) is 15.9. The van der Waals surface area contributed by atoms with Gasteiger partial charge in [-0.15, -0.1) is 0 Å². The minimum Gasteiger partial charge on any atom is -0.324 e. The van der Waals surface area contributed by atoms with Crippen molar-refractivity contribution in [1.82, 2.24) is 0 Å². The predicted octanol–water partition coefficient (Wildman–Crippen LogP) is 6.32. The Morgan fingerprint density at radius 3 is 2.24 bits per heavy atom. The van der Waals surface area contributed by atoms with Gasteiger partial charge in [0.1, 0.15) is 6.54 Å². The lowest BCUT2D eigenvalue weighted by Gasteiger charge is -2.26. The van der Waals surface area contributed by atoms with Crippen LogP contribution in [0.15, 0.2) is 77.7 Å². The third kappa shape index (κ3) is 5.71. The lowest BCUT2D eigenvalue weighted by atomic mass is 10.0. The lowest BCUT2D eigenvalue weighted by Crippen LogP contribution is -2.38. The van der Waals surface area contributed by atoms with E-state index in [1.54, 1.807) is 24.3 Å². The van der Waals surface area contributed by atoms with Crippen LogP contribution in [-0.2, 0) is 21.0 Å². The molecule has 0 unspecified atom stereocenters. The summed E-state index contributed by atoms with van der Waals surface area (Å²) in [5, 5.41) is 2.42. The van der Waals surface area contributed by atoms with Gasteiger partial charge in [0.2, 0.25) is 5.91 Å². The van der Waals surface area contributed by atoms with Gasteiger partial charge in [-0.3, -0.25) is 9.10 Å². The fourth-order valence-electron chi connectivity index (χ4n) is 3.33. The van der Waals surface area contributed by atoms with Crippen molar-refractivity contribution in [2.75, 3.05) is 16.2 Å². The van der Waals surface area contributed by atoms with Gasteiger partial charge >= 0.3 is 6.18 Å². The number of para-hydroxylation sites is 1. The number of carbonyl (C=O) groups excluding carboxylic acids is 1. The molecule has 0 heterocycles. The molecule has 0 saturated heterocycles. The Labute approximate surface area is 201 Å². The van der Waals surface area contributed by atoms with Crippen LogP contribution in [-0.4, -0.2) is 20.9 Å². The lowest BCUT2D eigenvalue weighted by molar-refractivity contribution is -0.137. The molecule has 3 aromatic carbocycles. The molecule has 1 N–H and O–H groups in total. The van der Waals surface area contributed by atoms with E-state index in [0.717, 1.165) is 17.7 Å². The quantitative estimate of drug-likeness (QED) is 0.404. The van der Waals surface area contributed by atoms with Crippen LogP contribution < -0.4 is 9.62 Å². The third-order valence-corrected chi connectivity index (χ3v) is 7.11. The van der Waals surface area contributed by atoms with Crippen molar-refractivity contribution < 1.29 is 26.4 Å². The van der Waals surface area contributed by atoms with Crippen molar-refractivity contribution in [2.45, 2.75) is 30.8 Å². The summed E-state index contributed by atoms with van der Waals surface area (Å²) in [5.74, 6) is -0.667. The zero-order valence-corrected chi connectivity index (χ0v) is 19.9. The summed E-state index contributed by atoms with van der Waals surface area (Å²) in [6, 6.07) is 16.4. The summed E-state index contributed by atoms with van der Waals surface area (Å²) in [5.41, 5.74) is -0.238. The summed E-state index contributed by atoms with van der Waals surface area (Å²) in [7, 11) is -4.43. The highest BCUT2D eigenvalue weighted by Crippen LogP contribution is 2.37. The van der Waals surface area contributed by atoms with Crippen LogP contribution in [0.4, 0.5) is 24.5 Å². The second-order valence-electron chi connectivity index (χ2n) is 7.78. The SMILES string of the molecule is CC(C)c1ccccc1NC(=O)CN(c1cc(C(F)(F)F)ccc1Cl)S(=O)(=O)c1ccccc1. The van der Waals surface area contributed by atoms with Crippen LogP contribution in [0.5, 0.6) is 0 Å². The van der Waals surface area contributed by atoms with E-state index in [-0.39, 0.29) is 15.8 Å². The number of anilines is 2. The second-order valence-corrected chi connectivity index (χ2v) is 10.0. The number of alkyl halides is 3. The van der Waals surface area contributed by atoms with Crippen molar-refractivity contribution in [1.29, 1.82) is 0 Å². The number of sulfonamides is 1. The first kappa shape index (κ1) is 25.6. The highest BCUT2D eigenvalue weighted by atomic mass is 35.5. The van der Waals surface area contributed by atoms with E-state index in [0.29, 0.717) is 16.1 Å². The Morgan fingerprint density at radius 1 is 1.00 bits per heavy atom. The van der Waals surface area contributed by atoms with E-state index in [9.17, 15) is 26.4 Å². The first-order valence-electron chi connectivity index (χ1n) is 10.2. The summed E-state index contributed by atoms with van der Waals surface area (Å²) in [6.45, 7) is 3.07. The molecular formula is C24H22ClF3N2O3S. The van der Waals surface area contributed by atoms with Crippen LogP contribution >= 0.6 is 11.6 Å². The standard InChI is InChI=1S/C24H22ClF3N2O3S/c1-16(2)19-10-6-7-11-21(19)29-23(31)15-30(34(32,33)18-8-4-3-5-9-18)22-14-17(24(26,27)28)12-13-20(22)25/h3-14,16H,15H2,1-2H3,(H,29,31). The van der Waals surface area contributed by atoms with Crippen LogP contribution in [0.1, 0.15) is 30.9 Å². The van der Waals surface area contributed by atoms with Gasteiger partial charge in [0.05, 0.1) is 21.2 Å². The van der Waals surface area contributed by atoms with Gasteiger partial charge < -0.3 is 5.32 Å². The zero-order chi connectivity index (χ0) is 25.1. The van der Waals surface area contributed by atoms with Gasteiger partial charge in [0.25, 0.3) is 10.0 Å². The van der Waals surface area contributed by atoms with Crippen molar-refractivity contribution in [3.05, 3.63) is 88.9 Å². The van der Waals surface area contributed by atoms with Crippen molar-refractivity contribution >= 4 is 38.9 Å². The van der Waals surface area contributed by atoms with Crippen molar-refractivity contribution in [2.24, 2.45) is 0 Å². The largest absolute Gasteiger partial charge is 0.416 e. The average Bonchev–Trinajstić information content (AvgIpc) is 2.78. The molecule has 0 aliphatic rings. The Morgan fingerprint density at radius 2 is 1.62 bits per heavy atom. The molecule has 0 radical (unpaired) electrons. The van der Waals surface area contributed by atoms with E-state index in [4.69, 9.17) is 11.6 Å². The maximum Gasteiger partial charge on any atom is 0.416 e. The molecule has 34 heavy (non-hydrogen) atoms. The second kappa shape index (κ2) is 10.1. The molecule has 0 aromatic heterocycles. The monoisotopic (exact) mass is 510 g/mol. The number of carbonyl (C=O) groups is 1. The number of hydrogen-bond donors (Lipinski definition) is 1. The average molecular weight is 511 g/mol. The molecule has 0 atom stereocenters. The van der Waals surface area contributed by atoms with Gasteiger partial charge in [-0.2, -0.15) is 13.2 Å². The maximum atomic E-state index is 13.4. The van der Waals surface area contributed by atoms with Gasteiger partial charge in [-0.25, -0.2) is 8.42 Å². The summed E-state index contributed by atoms with van der Waals surface area (Å²) in [4.78, 5) is 12.8. The van der Waals surface area contributed by atoms with E-state index in [1.807, 2.05) is 19.9 Å². The molecule has 180 valence electrons. The van der Waals surface area contributed by atoms with Crippen molar-refractivity contribution in [3.63, 3.8) is 0 Å². The molecule has 0 bridgehead atoms. The highest BCUT2D eigenvalue weighted by Gasteiger charge is 2.34. The number of nitrogens with one attached hydrogen (secondary N) is 1. The molecular weight excluding hydrogens is 489 g/mol. The molecule has 0 spiro atoms. The molecule has 5 nitrogen and oxygen atoms in total. The molecule has 10 heteroatoms. The minimum atomic E-state index is -4.74. The minimum absolute atomic E-state index is 0.0681. The van der Waals surface area contributed by atoms with Gasteiger partial charge in [-0.05, 0) is 47.9 Å². The topological polar surface area (TPSA) is 66.5 Å². The molecule has 0 aliphatic heterocycles. The molecule has 0 fully saturated rings. The van der Waals surface area contributed by atoms with Gasteiger partial charge in [0.15, 0.2) is 0 Å². The first-order valence-corrected chi connectivity index (χ1v) is 12.1. The van der Waals surface area contributed by atoms with Crippen LogP contribution in [0, 0.1) is 0 Å². The fourth-order valence-corrected chi connectivity index (χ4v) is 5.06. The number of amides is 1. The molecule has 3 rings (SSSR count). The molecule has 1 amide bonds. The van der Waals surface area contributed by atoms with Crippen LogP contribution in [0.25, 0.3) is 0 Å². The number of nitrogens with zero attached hydrogens (tertiary/aromatic N) is 1. The molecule has 0 aliphatic carbocycles. The normalized spacial score (nSPS) is 12.0. The Balaban J connectivity index is 2.06. The van der Waals surface area contributed by atoms with Gasteiger partial charge in [0, 0.05) is 5.69 Å². The van der Waals surface area contributed by atoms with E-state index in [1.165, 1.54) is 24.3 Å². The highest BCUT2D eigenvalue weighted by molar-refractivity contribution is 7.92. The van der Waals surface area contributed by atoms with Gasteiger partial charge in [-0.1, -0.05) is 61.8 Å². The maximum absolute atomic E-state index is 13.4. The van der Waals surface area contributed by atoms with E-state index >= 15 is 0 Å². The van der Waals surface area contributed by atoms with Crippen LogP contribution in [0.2, 0.25) is 5.02 Å². The van der Waals surface area contributed by atoms with Crippen molar-refractivity contribution in [3.8, 4) is 0 Å². The fraction of sp³-hybridized carbons (Fsp3) is 0.208. The Bertz CT molecular complexity index is 1280. The number of benzene rings is 3. The smallest absolute Gasteiger partial charge is 0.324 e. The number of halogens is 4. The number of rotatable bonds is 7. The summed E-state index contributed by atoms with van der Waals surface area (Å²) in [6.07, 6.45) is -4.74. The Hall–Kier alpha value is -3.04. The Kier molecular flexibility index (Phi) is 7.57. The summed E-state index contributed by atoms with van der Waals surface area (Å²) < 4.78 is 67.5. The van der Waals surface area contributed by atoms with E-state index < -0.39 is 39.9 Å². The molecule has 0 saturated carbocycles. The van der Waals surface area contributed by atoms with Crippen LogP contribution in [0.3, 0.4) is 0 Å². The zero-order valence-electron chi connectivity index (χ0n) is 18.3. The van der Waals surface area contributed by atoms with E-state index in [2.05, 4.69) is 5.32 Å².